The average molecular weight is 253 g/mol. The third kappa shape index (κ3) is 3.09. The molecule has 0 heterocycles. The lowest BCUT2D eigenvalue weighted by molar-refractivity contribution is 0.193. The van der Waals surface area contributed by atoms with Crippen LogP contribution in [0.5, 0.6) is 0 Å². The highest BCUT2D eigenvalue weighted by Crippen LogP contribution is 2.29. The van der Waals surface area contributed by atoms with E-state index in [9.17, 15) is 0 Å². The Balaban J connectivity index is 3.14. The zero-order chi connectivity index (χ0) is 13.1. The lowest BCUT2D eigenvalue weighted by Gasteiger charge is -2.39. The fourth-order valence-electron chi connectivity index (χ4n) is 1.99. The summed E-state index contributed by atoms with van der Waals surface area (Å²) in [5, 5.41) is 0.729. The molecule has 0 aromatic heterocycles. The normalized spacial score (nSPS) is 16.6. The summed E-state index contributed by atoms with van der Waals surface area (Å²) in [5.41, 5.74) is 7.22. The molecule has 94 valence electrons. The Hall–Kier alpha value is -0.830. The minimum Gasteiger partial charge on any atom is -0.320 e. The fraction of sp³-hybridized carbons (Fsp3) is 0.429. The van der Waals surface area contributed by atoms with Crippen LogP contribution in [0.15, 0.2) is 36.9 Å². The Morgan fingerprint density at radius 2 is 1.94 bits per heavy atom. The van der Waals surface area contributed by atoms with E-state index in [0.717, 1.165) is 17.0 Å². The highest BCUT2D eigenvalue weighted by molar-refractivity contribution is 6.30. The van der Waals surface area contributed by atoms with Crippen LogP contribution in [0.4, 0.5) is 0 Å². The van der Waals surface area contributed by atoms with Crippen molar-refractivity contribution >= 4 is 11.6 Å². The molecule has 0 saturated heterocycles. The van der Waals surface area contributed by atoms with Crippen LogP contribution in [0, 0.1) is 0 Å². The molecule has 0 spiro atoms. The van der Waals surface area contributed by atoms with Gasteiger partial charge in [0.2, 0.25) is 0 Å². The first-order valence-electron chi connectivity index (χ1n) is 5.74. The number of hydrogen-bond acceptors (Lipinski definition) is 2. The predicted molar refractivity (Wildman–Crippen MR) is 75.3 cm³/mol. The molecule has 0 fully saturated rings. The Labute approximate surface area is 109 Å². The van der Waals surface area contributed by atoms with E-state index in [0.29, 0.717) is 0 Å². The van der Waals surface area contributed by atoms with Crippen LogP contribution < -0.4 is 5.73 Å². The van der Waals surface area contributed by atoms with Gasteiger partial charge in [0, 0.05) is 11.1 Å². The van der Waals surface area contributed by atoms with Crippen LogP contribution in [0.2, 0.25) is 5.02 Å². The minimum absolute atomic E-state index is 0.210. The molecular formula is C14H21ClN2. The summed E-state index contributed by atoms with van der Waals surface area (Å²) in [6, 6.07) is 7.95. The minimum atomic E-state index is -0.435. The third-order valence-corrected chi connectivity index (χ3v) is 3.64. The van der Waals surface area contributed by atoms with E-state index in [1.165, 1.54) is 0 Å². The maximum absolute atomic E-state index is 6.57. The molecule has 2 unspecified atom stereocenters. The summed E-state index contributed by atoms with van der Waals surface area (Å²) in [7, 11) is 4.07. The molecule has 0 amide bonds. The number of likely N-dealkylation sites (N-methyl/N-ethyl adjacent to an activating group) is 1. The number of nitrogens with zero attached hydrogens (tertiary/aromatic N) is 1. The van der Waals surface area contributed by atoms with Crippen LogP contribution >= 0.6 is 11.6 Å². The maximum Gasteiger partial charge on any atom is 0.0599 e. The van der Waals surface area contributed by atoms with Crippen LogP contribution in [0.3, 0.4) is 0 Å². The number of benzene rings is 1. The van der Waals surface area contributed by atoms with E-state index >= 15 is 0 Å². The van der Waals surface area contributed by atoms with Crippen molar-refractivity contribution in [1.82, 2.24) is 4.90 Å². The van der Waals surface area contributed by atoms with Crippen LogP contribution in [-0.2, 0) is 5.54 Å². The standard InChI is InChI=1S/C14H21ClN2/c1-5-10-14(16,11(2)17(3)4)12-6-8-13(15)9-7-12/h5-9,11H,1,10,16H2,2-4H3. The zero-order valence-electron chi connectivity index (χ0n) is 10.8. The van der Waals surface area contributed by atoms with Gasteiger partial charge < -0.3 is 10.6 Å². The van der Waals surface area contributed by atoms with E-state index in [4.69, 9.17) is 17.3 Å². The summed E-state index contributed by atoms with van der Waals surface area (Å²) in [6.45, 7) is 5.93. The Bertz CT molecular complexity index is 372. The number of halogens is 1. The summed E-state index contributed by atoms with van der Waals surface area (Å²) < 4.78 is 0. The quantitative estimate of drug-likeness (QED) is 0.817. The average Bonchev–Trinajstić information content (AvgIpc) is 2.28. The fourth-order valence-corrected chi connectivity index (χ4v) is 2.12. The molecule has 0 aliphatic carbocycles. The number of rotatable bonds is 5. The molecule has 17 heavy (non-hydrogen) atoms. The van der Waals surface area contributed by atoms with E-state index in [1.54, 1.807) is 0 Å². The molecule has 0 bridgehead atoms. The van der Waals surface area contributed by atoms with Gasteiger partial charge in [-0.15, -0.1) is 6.58 Å². The predicted octanol–water partition coefficient (Wildman–Crippen LogP) is 3.02. The lowest BCUT2D eigenvalue weighted by atomic mass is 9.81. The molecule has 0 aliphatic rings. The van der Waals surface area contributed by atoms with Crippen molar-refractivity contribution in [3.63, 3.8) is 0 Å². The van der Waals surface area contributed by atoms with Crippen molar-refractivity contribution in [2.75, 3.05) is 14.1 Å². The molecule has 1 aromatic carbocycles. The van der Waals surface area contributed by atoms with E-state index in [2.05, 4.69) is 18.4 Å². The van der Waals surface area contributed by atoms with E-state index < -0.39 is 5.54 Å². The van der Waals surface area contributed by atoms with Gasteiger partial charge in [-0.3, -0.25) is 0 Å². The zero-order valence-corrected chi connectivity index (χ0v) is 11.5. The molecule has 3 heteroatoms. The molecule has 0 radical (unpaired) electrons. The topological polar surface area (TPSA) is 29.3 Å². The highest BCUT2D eigenvalue weighted by Gasteiger charge is 2.33. The van der Waals surface area contributed by atoms with Crippen molar-refractivity contribution in [3.05, 3.63) is 47.5 Å². The second-order valence-corrected chi connectivity index (χ2v) is 5.12. The number of nitrogens with two attached hydrogens (primary N) is 1. The first kappa shape index (κ1) is 14.2. The smallest absolute Gasteiger partial charge is 0.0599 e. The van der Waals surface area contributed by atoms with Gasteiger partial charge in [0.05, 0.1) is 5.54 Å². The highest BCUT2D eigenvalue weighted by atomic mass is 35.5. The summed E-state index contributed by atoms with van der Waals surface area (Å²) in [5.74, 6) is 0. The summed E-state index contributed by atoms with van der Waals surface area (Å²) >= 11 is 5.91. The van der Waals surface area contributed by atoms with Gasteiger partial charge in [0.15, 0.2) is 0 Å². The van der Waals surface area contributed by atoms with Crippen molar-refractivity contribution in [3.8, 4) is 0 Å². The van der Waals surface area contributed by atoms with Gasteiger partial charge in [-0.2, -0.15) is 0 Å². The molecule has 2 N–H and O–H groups in total. The number of hydrogen-bond donors (Lipinski definition) is 1. The molecule has 0 saturated carbocycles. The molecule has 2 atom stereocenters. The summed E-state index contributed by atoms with van der Waals surface area (Å²) in [6.07, 6.45) is 2.60. The molecule has 2 nitrogen and oxygen atoms in total. The van der Waals surface area contributed by atoms with E-state index in [-0.39, 0.29) is 6.04 Å². The first-order valence-corrected chi connectivity index (χ1v) is 6.12. The van der Waals surface area contributed by atoms with Gasteiger partial charge in [-0.25, -0.2) is 0 Å². The second-order valence-electron chi connectivity index (χ2n) is 4.68. The molecule has 1 aromatic rings. The first-order chi connectivity index (χ1) is 7.91. The Morgan fingerprint density at radius 3 is 2.35 bits per heavy atom. The largest absolute Gasteiger partial charge is 0.320 e. The molecular weight excluding hydrogens is 232 g/mol. The van der Waals surface area contributed by atoms with Crippen molar-refractivity contribution in [2.45, 2.75) is 24.9 Å². The monoisotopic (exact) mass is 252 g/mol. The maximum atomic E-state index is 6.57. The Kier molecular flexibility index (Phi) is 4.75. The third-order valence-electron chi connectivity index (χ3n) is 3.38. The summed E-state index contributed by atoms with van der Waals surface area (Å²) in [4.78, 5) is 2.12. The van der Waals surface area contributed by atoms with Gasteiger partial charge in [0.25, 0.3) is 0 Å². The van der Waals surface area contributed by atoms with Crippen molar-refractivity contribution in [1.29, 1.82) is 0 Å². The SMILES string of the molecule is C=CCC(N)(c1ccc(Cl)cc1)C(C)N(C)C. The van der Waals surface area contributed by atoms with Gasteiger partial charge in [-0.05, 0) is 45.1 Å². The molecule has 0 aliphatic heterocycles. The van der Waals surface area contributed by atoms with Crippen molar-refractivity contribution in [2.24, 2.45) is 5.73 Å². The second kappa shape index (κ2) is 5.67. The van der Waals surface area contributed by atoms with Crippen molar-refractivity contribution < 1.29 is 0 Å². The molecule has 1 rings (SSSR count). The van der Waals surface area contributed by atoms with Gasteiger partial charge in [-0.1, -0.05) is 29.8 Å². The van der Waals surface area contributed by atoms with Gasteiger partial charge in [0.1, 0.15) is 0 Å². The van der Waals surface area contributed by atoms with Crippen LogP contribution in [0.1, 0.15) is 18.9 Å². The lowest BCUT2D eigenvalue weighted by Crippen LogP contribution is -2.52. The van der Waals surface area contributed by atoms with Crippen LogP contribution in [-0.4, -0.2) is 25.0 Å². The Morgan fingerprint density at radius 1 is 1.41 bits per heavy atom. The van der Waals surface area contributed by atoms with E-state index in [1.807, 2.05) is 44.4 Å². The van der Waals surface area contributed by atoms with Crippen LogP contribution in [0.25, 0.3) is 0 Å². The van der Waals surface area contributed by atoms with Gasteiger partial charge >= 0.3 is 0 Å².